The molecular formula is C14H31IN4O2. The van der Waals surface area contributed by atoms with Crippen LogP contribution in [-0.2, 0) is 9.53 Å². The van der Waals surface area contributed by atoms with E-state index < -0.39 is 0 Å². The summed E-state index contributed by atoms with van der Waals surface area (Å²) >= 11 is 0. The number of ether oxygens (including phenoxy) is 1. The molecule has 0 heterocycles. The van der Waals surface area contributed by atoms with E-state index in [-0.39, 0.29) is 35.9 Å². The quantitative estimate of drug-likeness (QED) is 0.219. The molecule has 6 nitrogen and oxygen atoms in total. The van der Waals surface area contributed by atoms with E-state index in [4.69, 9.17) is 4.74 Å². The Labute approximate surface area is 145 Å². The van der Waals surface area contributed by atoms with Crippen LogP contribution >= 0.6 is 24.0 Å². The van der Waals surface area contributed by atoms with Crippen LogP contribution < -0.4 is 16.0 Å². The molecule has 1 unspecified atom stereocenters. The van der Waals surface area contributed by atoms with Crippen molar-refractivity contribution in [2.45, 2.75) is 46.1 Å². The van der Waals surface area contributed by atoms with E-state index in [2.05, 4.69) is 27.9 Å². The topological polar surface area (TPSA) is 74.8 Å². The number of methoxy groups -OCH3 is 1. The lowest BCUT2D eigenvalue weighted by Gasteiger charge is -2.13. The van der Waals surface area contributed by atoms with Crippen molar-refractivity contribution < 1.29 is 9.53 Å². The van der Waals surface area contributed by atoms with Gasteiger partial charge in [0.15, 0.2) is 5.96 Å². The van der Waals surface area contributed by atoms with Crippen LogP contribution in [0.25, 0.3) is 0 Å². The van der Waals surface area contributed by atoms with Crippen molar-refractivity contribution in [3.05, 3.63) is 0 Å². The summed E-state index contributed by atoms with van der Waals surface area (Å²) in [5.74, 6) is 0.821. The minimum absolute atomic E-state index is 0. The van der Waals surface area contributed by atoms with E-state index >= 15 is 0 Å². The van der Waals surface area contributed by atoms with Crippen molar-refractivity contribution in [3.8, 4) is 0 Å². The fraction of sp³-hybridized carbons (Fsp3) is 0.857. The lowest BCUT2D eigenvalue weighted by molar-refractivity contribution is -0.121. The highest BCUT2D eigenvalue weighted by Gasteiger charge is 2.05. The zero-order valence-electron chi connectivity index (χ0n) is 13.7. The Balaban J connectivity index is 0. The molecule has 7 heteroatoms. The predicted octanol–water partition coefficient (Wildman–Crippen LogP) is 1.50. The summed E-state index contributed by atoms with van der Waals surface area (Å²) in [6.07, 6.45) is 2.29. The van der Waals surface area contributed by atoms with E-state index in [1.54, 1.807) is 7.11 Å². The number of nitrogens with one attached hydrogen (secondary N) is 3. The van der Waals surface area contributed by atoms with Gasteiger partial charge >= 0.3 is 0 Å². The van der Waals surface area contributed by atoms with E-state index in [9.17, 15) is 4.79 Å². The van der Waals surface area contributed by atoms with Crippen molar-refractivity contribution in [1.82, 2.24) is 16.0 Å². The van der Waals surface area contributed by atoms with Crippen LogP contribution in [0, 0.1) is 0 Å². The van der Waals surface area contributed by atoms with E-state index in [1.165, 1.54) is 0 Å². The first-order valence-electron chi connectivity index (χ1n) is 7.44. The van der Waals surface area contributed by atoms with Crippen LogP contribution in [0.1, 0.15) is 40.0 Å². The predicted molar refractivity (Wildman–Crippen MR) is 98.4 cm³/mol. The van der Waals surface area contributed by atoms with Gasteiger partial charge < -0.3 is 20.7 Å². The van der Waals surface area contributed by atoms with Crippen LogP contribution in [0.5, 0.6) is 0 Å². The van der Waals surface area contributed by atoms with Crippen molar-refractivity contribution in [3.63, 3.8) is 0 Å². The molecule has 0 saturated heterocycles. The highest BCUT2D eigenvalue weighted by Crippen LogP contribution is 1.89. The Hall–Kier alpha value is -0.570. The van der Waals surface area contributed by atoms with Gasteiger partial charge in [0.2, 0.25) is 5.91 Å². The van der Waals surface area contributed by atoms with E-state index in [0.717, 1.165) is 25.3 Å². The molecule has 3 N–H and O–H groups in total. The molecule has 0 aliphatic carbocycles. The fourth-order valence-electron chi connectivity index (χ4n) is 1.48. The summed E-state index contributed by atoms with van der Waals surface area (Å²) < 4.78 is 4.98. The summed E-state index contributed by atoms with van der Waals surface area (Å²) in [7, 11) is 1.68. The van der Waals surface area contributed by atoms with E-state index in [1.807, 2.05) is 13.8 Å². The largest absolute Gasteiger partial charge is 0.385 e. The minimum atomic E-state index is 0. The molecule has 0 aromatic heterocycles. The number of amides is 1. The first-order valence-corrected chi connectivity index (χ1v) is 7.44. The molecule has 0 spiro atoms. The molecule has 0 fully saturated rings. The lowest BCUT2D eigenvalue weighted by Crippen LogP contribution is -2.40. The van der Waals surface area contributed by atoms with Crippen LogP contribution in [-0.4, -0.2) is 51.3 Å². The summed E-state index contributed by atoms with van der Waals surface area (Å²) in [4.78, 5) is 16.0. The molecule has 126 valence electrons. The van der Waals surface area contributed by atoms with Crippen LogP contribution in [0.4, 0.5) is 0 Å². The average molecular weight is 414 g/mol. The van der Waals surface area contributed by atoms with Gasteiger partial charge in [-0.2, -0.15) is 0 Å². The van der Waals surface area contributed by atoms with Gasteiger partial charge in [0.05, 0.1) is 0 Å². The second-order valence-corrected chi connectivity index (χ2v) is 4.66. The first kappa shape index (κ1) is 22.7. The average Bonchev–Trinajstić information content (AvgIpc) is 2.43. The number of rotatable bonds is 10. The molecule has 0 bridgehead atoms. The standard InChI is InChI=1S/C14H30N4O2.HI/c1-5-12(3)18-13(19)8-10-17-14(15-6-2)16-9-7-11-20-4;/h12H,5-11H2,1-4H3,(H,18,19)(H2,15,16,17);1H. The summed E-state index contributed by atoms with van der Waals surface area (Å²) in [5, 5.41) is 9.25. The summed E-state index contributed by atoms with van der Waals surface area (Å²) in [5.41, 5.74) is 0. The molecule has 1 atom stereocenters. The Kier molecular flexibility index (Phi) is 17.1. The highest BCUT2D eigenvalue weighted by atomic mass is 127. The Morgan fingerprint density at radius 2 is 2.00 bits per heavy atom. The van der Waals surface area contributed by atoms with Crippen LogP contribution in [0.3, 0.4) is 0 Å². The SMILES string of the molecule is CCNC(=NCCCOC)NCCC(=O)NC(C)CC.I. The van der Waals surface area contributed by atoms with Gasteiger partial charge in [-0.05, 0) is 26.7 Å². The molecule has 21 heavy (non-hydrogen) atoms. The number of aliphatic imine (C=N–C) groups is 1. The maximum atomic E-state index is 11.6. The second-order valence-electron chi connectivity index (χ2n) is 4.66. The van der Waals surface area contributed by atoms with E-state index in [0.29, 0.717) is 26.1 Å². The molecule has 1 amide bonds. The third kappa shape index (κ3) is 14.1. The first-order chi connectivity index (χ1) is 9.63. The molecule has 0 radical (unpaired) electrons. The minimum Gasteiger partial charge on any atom is -0.385 e. The zero-order chi connectivity index (χ0) is 15.2. The van der Waals surface area contributed by atoms with Crippen molar-refractivity contribution in [2.75, 3.05) is 33.4 Å². The maximum absolute atomic E-state index is 11.6. The number of carbonyl (C=O) groups excluding carboxylic acids is 1. The molecular weight excluding hydrogens is 383 g/mol. The normalized spacial score (nSPS) is 12.3. The lowest BCUT2D eigenvalue weighted by atomic mass is 10.2. The fourth-order valence-corrected chi connectivity index (χ4v) is 1.48. The van der Waals surface area contributed by atoms with Crippen LogP contribution in [0.2, 0.25) is 0 Å². The Morgan fingerprint density at radius 3 is 2.57 bits per heavy atom. The van der Waals surface area contributed by atoms with Crippen molar-refractivity contribution >= 4 is 35.8 Å². The summed E-state index contributed by atoms with van der Waals surface area (Å²) in [6.45, 7) is 8.88. The van der Waals surface area contributed by atoms with Gasteiger partial charge in [-0.1, -0.05) is 6.92 Å². The number of halogens is 1. The third-order valence-electron chi connectivity index (χ3n) is 2.78. The number of hydrogen-bond donors (Lipinski definition) is 3. The molecule has 0 aromatic carbocycles. The smallest absolute Gasteiger partial charge is 0.221 e. The van der Waals surface area contributed by atoms with Crippen LogP contribution in [0.15, 0.2) is 4.99 Å². The van der Waals surface area contributed by atoms with Crippen molar-refractivity contribution in [2.24, 2.45) is 4.99 Å². The Morgan fingerprint density at radius 1 is 1.29 bits per heavy atom. The van der Waals surface area contributed by atoms with Gasteiger partial charge in [0.25, 0.3) is 0 Å². The monoisotopic (exact) mass is 414 g/mol. The van der Waals surface area contributed by atoms with Gasteiger partial charge in [0.1, 0.15) is 0 Å². The van der Waals surface area contributed by atoms with Gasteiger partial charge in [-0.15, -0.1) is 24.0 Å². The maximum Gasteiger partial charge on any atom is 0.221 e. The molecule has 0 aliphatic rings. The Bertz CT molecular complexity index is 288. The number of carbonyl (C=O) groups is 1. The molecule has 0 aromatic rings. The van der Waals surface area contributed by atoms with Gasteiger partial charge in [0, 0.05) is 45.8 Å². The third-order valence-corrected chi connectivity index (χ3v) is 2.78. The molecule has 0 saturated carbocycles. The van der Waals surface area contributed by atoms with Crippen molar-refractivity contribution in [1.29, 1.82) is 0 Å². The van der Waals surface area contributed by atoms with Gasteiger partial charge in [-0.3, -0.25) is 9.79 Å². The molecule has 0 aliphatic heterocycles. The number of nitrogens with zero attached hydrogens (tertiary/aromatic N) is 1. The number of guanidine groups is 1. The number of hydrogen-bond acceptors (Lipinski definition) is 3. The van der Waals surface area contributed by atoms with Gasteiger partial charge in [-0.25, -0.2) is 0 Å². The zero-order valence-corrected chi connectivity index (χ0v) is 16.0. The highest BCUT2D eigenvalue weighted by molar-refractivity contribution is 14.0. The summed E-state index contributed by atoms with van der Waals surface area (Å²) in [6, 6.07) is 0.235. The molecule has 0 rings (SSSR count). The second kappa shape index (κ2) is 15.8.